The van der Waals surface area contributed by atoms with E-state index in [-0.39, 0.29) is 0 Å². The zero-order valence-electron chi connectivity index (χ0n) is 10.7. The van der Waals surface area contributed by atoms with Gasteiger partial charge in [-0.1, -0.05) is 20.3 Å². The van der Waals surface area contributed by atoms with E-state index < -0.39 is 5.60 Å². The lowest BCUT2D eigenvalue weighted by molar-refractivity contribution is 0.00523. The van der Waals surface area contributed by atoms with Gasteiger partial charge in [0.05, 0.1) is 11.3 Å². The van der Waals surface area contributed by atoms with Gasteiger partial charge in [-0.3, -0.25) is 4.68 Å². The minimum absolute atomic E-state index is 0.298. The Kier molecular flexibility index (Phi) is 4.50. The fraction of sp³-hybridized carbons (Fsp3) is 0.750. The van der Waals surface area contributed by atoms with E-state index in [0.29, 0.717) is 12.5 Å². The minimum Gasteiger partial charge on any atom is -0.389 e. The maximum Gasteiger partial charge on any atom is 0.0768 e. The molecule has 0 fully saturated rings. The standard InChI is InChI=1S/C12H23N3O/c1-5-10(2)12(3,16)9-13-8-11-6-7-14-15(11)4/h6-7,10,13,16H,5,8-9H2,1-4H3. The normalized spacial score (nSPS) is 17.1. The number of nitrogens with one attached hydrogen (secondary N) is 1. The van der Waals surface area contributed by atoms with Crippen LogP contribution in [-0.2, 0) is 13.6 Å². The Bertz CT molecular complexity index is 320. The van der Waals surface area contributed by atoms with Gasteiger partial charge in [-0.05, 0) is 18.9 Å². The number of rotatable bonds is 6. The van der Waals surface area contributed by atoms with Crippen LogP contribution in [0.4, 0.5) is 0 Å². The van der Waals surface area contributed by atoms with Gasteiger partial charge in [-0.25, -0.2) is 0 Å². The van der Waals surface area contributed by atoms with Crippen LogP contribution in [0.5, 0.6) is 0 Å². The molecule has 0 spiro atoms. The molecule has 1 aromatic rings. The first-order valence-electron chi connectivity index (χ1n) is 5.87. The van der Waals surface area contributed by atoms with Gasteiger partial charge in [0.1, 0.15) is 0 Å². The van der Waals surface area contributed by atoms with E-state index in [0.717, 1.165) is 18.7 Å². The van der Waals surface area contributed by atoms with E-state index in [9.17, 15) is 5.11 Å². The van der Waals surface area contributed by atoms with Gasteiger partial charge in [0.15, 0.2) is 0 Å². The number of nitrogens with zero attached hydrogens (tertiary/aromatic N) is 2. The fourth-order valence-corrected chi connectivity index (χ4v) is 1.63. The van der Waals surface area contributed by atoms with Crippen LogP contribution in [0.25, 0.3) is 0 Å². The third-order valence-electron chi connectivity index (χ3n) is 3.39. The van der Waals surface area contributed by atoms with Gasteiger partial charge in [-0.15, -0.1) is 0 Å². The molecular weight excluding hydrogens is 202 g/mol. The van der Waals surface area contributed by atoms with Gasteiger partial charge in [0.25, 0.3) is 0 Å². The molecule has 0 radical (unpaired) electrons. The van der Waals surface area contributed by atoms with Crippen molar-refractivity contribution in [3.05, 3.63) is 18.0 Å². The summed E-state index contributed by atoms with van der Waals surface area (Å²) < 4.78 is 1.84. The number of aryl methyl sites for hydroxylation is 1. The molecule has 2 unspecified atom stereocenters. The highest BCUT2D eigenvalue weighted by Crippen LogP contribution is 2.18. The molecule has 1 aromatic heterocycles. The van der Waals surface area contributed by atoms with Crippen LogP contribution in [-0.4, -0.2) is 27.0 Å². The Hall–Kier alpha value is -0.870. The van der Waals surface area contributed by atoms with Gasteiger partial charge in [-0.2, -0.15) is 5.10 Å². The van der Waals surface area contributed by atoms with E-state index >= 15 is 0 Å². The number of aromatic nitrogens is 2. The molecule has 16 heavy (non-hydrogen) atoms. The first-order chi connectivity index (χ1) is 7.47. The predicted octanol–water partition coefficient (Wildman–Crippen LogP) is 1.31. The Labute approximate surface area is 97.7 Å². The van der Waals surface area contributed by atoms with Crippen LogP contribution < -0.4 is 5.32 Å². The Morgan fingerprint density at radius 3 is 2.81 bits per heavy atom. The molecule has 0 bridgehead atoms. The maximum absolute atomic E-state index is 10.2. The highest BCUT2D eigenvalue weighted by Gasteiger charge is 2.26. The highest BCUT2D eigenvalue weighted by molar-refractivity contribution is 4.99. The van der Waals surface area contributed by atoms with E-state index in [4.69, 9.17) is 0 Å². The Balaban J connectivity index is 2.38. The third-order valence-corrected chi connectivity index (χ3v) is 3.39. The predicted molar refractivity (Wildman–Crippen MR) is 65.0 cm³/mol. The van der Waals surface area contributed by atoms with Crippen LogP contribution >= 0.6 is 0 Å². The van der Waals surface area contributed by atoms with Gasteiger partial charge in [0.2, 0.25) is 0 Å². The SMILES string of the molecule is CCC(C)C(C)(O)CNCc1ccnn1C. The first-order valence-corrected chi connectivity index (χ1v) is 5.87. The summed E-state index contributed by atoms with van der Waals surface area (Å²) in [5.74, 6) is 0.298. The molecule has 0 aliphatic carbocycles. The zero-order valence-corrected chi connectivity index (χ0v) is 10.7. The molecule has 4 nitrogen and oxygen atoms in total. The quantitative estimate of drug-likeness (QED) is 0.767. The lowest BCUT2D eigenvalue weighted by Crippen LogP contribution is -2.43. The monoisotopic (exact) mass is 225 g/mol. The van der Waals surface area contributed by atoms with Crippen molar-refractivity contribution in [1.29, 1.82) is 0 Å². The van der Waals surface area contributed by atoms with E-state index in [1.54, 1.807) is 6.20 Å². The summed E-state index contributed by atoms with van der Waals surface area (Å²) in [6.45, 7) is 7.40. The second-order valence-corrected chi connectivity index (χ2v) is 4.72. The average molecular weight is 225 g/mol. The van der Waals surface area contributed by atoms with Crippen molar-refractivity contribution in [2.24, 2.45) is 13.0 Å². The summed E-state index contributed by atoms with van der Waals surface area (Å²) in [6.07, 6.45) is 2.77. The van der Waals surface area contributed by atoms with Crippen molar-refractivity contribution in [3.8, 4) is 0 Å². The minimum atomic E-state index is -0.645. The van der Waals surface area contributed by atoms with Crippen LogP contribution in [0.2, 0.25) is 0 Å². The largest absolute Gasteiger partial charge is 0.389 e. The Morgan fingerprint density at radius 1 is 1.62 bits per heavy atom. The molecule has 2 N–H and O–H groups in total. The molecule has 0 amide bonds. The molecule has 0 aliphatic heterocycles. The van der Waals surface area contributed by atoms with E-state index in [1.165, 1.54) is 0 Å². The summed E-state index contributed by atoms with van der Waals surface area (Å²) >= 11 is 0. The van der Waals surface area contributed by atoms with Gasteiger partial charge < -0.3 is 10.4 Å². The smallest absolute Gasteiger partial charge is 0.0768 e. The number of hydrogen-bond donors (Lipinski definition) is 2. The van der Waals surface area contributed by atoms with Crippen molar-refractivity contribution in [1.82, 2.24) is 15.1 Å². The molecule has 0 aromatic carbocycles. The van der Waals surface area contributed by atoms with Crippen molar-refractivity contribution >= 4 is 0 Å². The summed E-state index contributed by atoms with van der Waals surface area (Å²) in [5, 5.41) is 17.6. The molecular formula is C12H23N3O. The topological polar surface area (TPSA) is 50.1 Å². The molecule has 2 atom stereocenters. The number of aliphatic hydroxyl groups is 1. The average Bonchev–Trinajstić information content (AvgIpc) is 2.63. The second kappa shape index (κ2) is 5.46. The van der Waals surface area contributed by atoms with Gasteiger partial charge in [0, 0.05) is 26.3 Å². The van der Waals surface area contributed by atoms with Crippen LogP contribution in [0, 0.1) is 5.92 Å². The second-order valence-electron chi connectivity index (χ2n) is 4.72. The molecule has 0 saturated heterocycles. The molecule has 0 aliphatic rings. The maximum atomic E-state index is 10.2. The summed E-state index contributed by atoms with van der Waals surface area (Å²) in [5.41, 5.74) is 0.479. The van der Waals surface area contributed by atoms with Gasteiger partial charge >= 0.3 is 0 Å². The summed E-state index contributed by atoms with van der Waals surface area (Å²) in [6, 6.07) is 1.98. The molecule has 1 rings (SSSR count). The van der Waals surface area contributed by atoms with E-state index in [2.05, 4.69) is 24.3 Å². The lowest BCUT2D eigenvalue weighted by atomic mass is 9.89. The molecule has 1 heterocycles. The van der Waals surface area contributed by atoms with Crippen LogP contribution in [0.3, 0.4) is 0 Å². The van der Waals surface area contributed by atoms with Crippen molar-refractivity contribution in [2.75, 3.05) is 6.54 Å². The molecule has 4 heteroatoms. The van der Waals surface area contributed by atoms with Crippen molar-refractivity contribution in [2.45, 2.75) is 39.3 Å². The lowest BCUT2D eigenvalue weighted by Gasteiger charge is -2.29. The fourth-order valence-electron chi connectivity index (χ4n) is 1.63. The highest BCUT2D eigenvalue weighted by atomic mass is 16.3. The summed E-state index contributed by atoms with van der Waals surface area (Å²) in [7, 11) is 1.92. The molecule has 0 saturated carbocycles. The zero-order chi connectivity index (χ0) is 12.2. The van der Waals surface area contributed by atoms with Crippen LogP contribution in [0.1, 0.15) is 32.9 Å². The van der Waals surface area contributed by atoms with Crippen molar-refractivity contribution in [3.63, 3.8) is 0 Å². The van der Waals surface area contributed by atoms with Crippen LogP contribution in [0.15, 0.2) is 12.3 Å². The van der Waals surface area contributed by atoms with Crippen molar-refractivity contribution < 1.29 is 5.11 Å². The van der Waals surface area contributed by atoms with E-state index in [1.807, 2.05) is 24.7 Å². The third kappa shape index (κ3) is 3.32. The molecule has 92 valence electrons. The summed E-state index contributed by atoms with van der Waals surface area (Å²) in [4.78, 5) is 0. The Morgan fingerprint density at radius 2 is 2.31 bits per heavy atom. The number of hydrogen-bond acceptors (Lipinski definition) is 3. The first kappa shape index (κ1) is 13.2.